The van der Waals surface area contributed by atoms with E-state index in [0.29, 0.717) is 0 Å². The number of benzene rings is 7. The van der Waals surface area contributed by atoms with E-state index in [1.165, 1.54) is 66.8 Å². The molecule has 0 spiro atoms. The van der Waals surface area contributed by atoms with Gasteiger partial charge >= 0.3 is 0 Å². The maximum absolute atomic E-state index is 5.02. The Kier molecular flexibility index (Phi) is 7.22. The molecule has 2 aliphatic rings. The molecule has 0 saturated heterocycles. The molecule has 2 nitrogen and oxygen atoms in total. The normalized spacial score (nSPS) is 14.2. The Hall–Kier alpha value is -6.38. The first kappa shape index (κ1) is 32.3. The van der Waals surface area contributed by atoms with E-state index in [4.69, 9.17) is 9.97 Å². The summed E-state index contributed by atoms with van der Waals surface area (Å²) in [6.45, 7) is 9.51. The largest absolute Gasteiger partial charge is 0.228 e. The first-order valence-corrected chi connectivity index (χ1v) is 18.9. The number of hydrogen-bond donors (Lipinski definition) is 0. The van der Waals surface area contributed by atoms with Gasteiger partial charge in [0.25, 0.3) is 0 Å². The van der Waals surface area contributed by atoms with E-state index in [9.17, 15) is 0 Å². The van der Waals surface area contributed by atoms with Gasteiger partial charge in [-0.05, 0) is 91.0 Å². The van der Waals surface area contributed by atoms with Crippen molar-refractivity contribution in [3.05, 3.63) is 192 Å². The standard InChI is InChI=1S/C52H40N2/c1-51(2)44-18-12-11-17-40(44)42-30-47-43(31-46(42)51)41-28-27-39(29-45(41)52(47,3)4)35-21-19-33(20-22-35)34-23-25-37(26-24-34)49-32-48(36-13-7-5-8-14-36)53-50(54-49)38-15-9-6-10-16-38/h5-32H,1-4H3. The Morgan fingerprint density at radius 3 is 1.30 bits per heavy atom. The number of aromatic nitrogens is 2. The number of rotatable bonds is 5. The van der Waals surface area contributed by atoms with Crippen LogP contribution in [0.2, 0.25) is 0 Å². The van der Waals surface area contributed by atoms with E-state index in [0.717, 1.165) is 33.9 Å². The second-order valence-electron chi connectivity index (χ2n) is 15.8. The Labute approximate surface area is 317 Å². The van der Waals surface area contributed by atoms with Gasteiger partial charge in [-0.15, -0.1) is 0 Å². The lowest BCUT2D eigenvalue weighted by Gasteiger charge is -2.24. The molecule has 1 aromatic heterocycles. The molecule has 7 aromatic carbocycles. The molecule has 0 unspecified atom stereocenters. The van der Waals surface area contributed by atoms with Crippen molar-refractivity contribution in [3.8, 4) is 78.4 Å². The molecule has 0 fully saturated rings. The lowest BCUT2D eigenvalue weighted by molar-refractivity contribution is 0.652. The first-order chi connectivity index (χ1) is 26.3. The monoisotopic (exact) mass is 692 g/mol. The van der Waals surface area contributed by atoms with Crippen molar-refractivity contribution < 1.29 is 0 Å². The van der Waals surface area contributed by atoms with Crippen molar-refractivity contribution in [1.82, 2.24) is 9.97 Å². The van der Waals surface area contributed by atoms with Crippen molar-refractivity contribution >= 4 is 0 Å². The van der Waals surface area contributed by atoms with Gasteiger partial charge in [-0.1, -0.05) is 173 Å². The predicted molar refractivity (Wildman–Crippen MR) is 224 cm³/mol. The third kappa shape index (κ3) is 5.09. The van der Waals surface area contributed by atoms with Crippen LogP contribution in [0.15, 0.2) is 170 Å². The highest BCUT2D eigenvalue weighted by Crippen LogP contribution is 2.56. The molecule has 0 saturated carbocycles. The highest BCUT2D eigenvalue weighted by atomic mass is 14.9. The van der Waals surface area contributed by atoms with Crippen LogP contribution in [-0.4, -0.2) is 9.97 Å². The summed E-state index contributed by atoms with van der Waals surface area (Å²) >= 11 is 0. The van der Waals surface area contributed by atoms with Gasteiger partial charge in [0.05, 0.1) is 11.4 Å². The summed E-state index contributed by atoms with van der Waals surface area (Å²) in [7, 11) is 0. The lowest BCUT2D eigenvalue weighted by atomic mass is 9.79. The zero-order chi connectivity index (χ0) is 36.6. The van der Waals surface area contributed by atoms with E-state index in [1.807, 2.05) is 36.4 Å². The quantitative estimate of drug-likeness (QED) is 0.179. The van der Waals surface area contributed by atoms with Gasteiger partial charge in [-0.25, -0.2) is 9.97 Å². The van der Waals surface area contributed by atoms with Crippen molar-refractivity contribution in [2.75, 3.05) is 0 Å². The van der Waals surface area contributed by atoms with Crippen LogP contribution in [0.4, 0.5) is 0 Å². The molecule has 2 heteroatoms. The Bertz CT molecular complexity index is 2660. The molecule has 8 aromatic rings. The van der Waals surface area contributed by atoms with E-state index < -0.39 is 0 Å². The Morgan fingerprint density at radius 2 is 0.704 bits per heavy atom. The summed E-state index contributed by atoms with van der Waals surface area (Å²) in [5, 5.41) is 0. The highest BCUT2D eigenvalue weighted by molar-refractivity contribution is 5.90. The SMILES string of the molecule is CC1(C)c2ccccc2-c2cc3c(cc21)-c1ccc(-c2ccc(-c4ccc(-c5cc(-c6ccccc6)nc(-c6ccccc6)n5)cc4)cc2)cc1C3(C)C. The molecule has 0 radical (unpaired) electrons. The van der Waals surface area contributed by atoms with Crippen LogP contribution in [0.25, 0.3) is 78.4 Å². The fourth-order valence-electron chi connectivity index (χ4n) is 8.87. The third-order valence-corrected chi connectivity index (χ3v) is 11.9. The lowest BCUT2D eigenvalue weighted by Crippen LogP contribution is -2.17. The summed E-state index contributed by atoms with van der Waals surface area (Å²) in [5.41, 5.74) is 20.9. The maximum atomic E-state index is 5.02. The van der Waals surface area contributed by atoms with Crippen molar-refractivity contribution in [2.45, 2.75) is 38.5 Å². The first-order valence-electron chi connectivity index (χ1n) is 18.9. The molecule has 0 amide bonds. The molecule has 0 atom stereocenters. The molecule has 0 aliphatic heterocycles. The van der Waals surface area contributed by atoms with Crippen molar-refractivity contribution in [1.29, 1.82) is 0 Å². The molecule has 2 aliphatic carbocycles. The molecular weight excluding hydrogens is 653 g/mol. The molecule has 0 bridgehead atoms. The highest BCUT2D eigenvalue weighted by Gasteiger charge is 2.41. The zero-order valence-corrected chi connectivity index (χ0v) is 31.1. The number of nitrogens with zero attached hydrogens (tertiary/aromatic N) is 2. The molecule has 10 rings (SSSR count). The summed E-state index contributed by atoms with van der Waals surface area (Å²) in [6, 6.07) is 61.4. The van der Waals surface area contributed by atoms with Gasteiger partial charge in [-0.3, -0.25) is 0 Å². The molecular formula is C52H40N2. The average Bonchev–Trinajstić information content (AvgIpc) is 3.59. The van der Waals surface area contributed by atoms with Crippen LogP contribution >= 0.6 is 0 Å². The van der Waals surface area contributed by atoms with Gasteiger partial charge in [0, 0.05) is 27.5 Å². The Balaban J connectivity index is 0.943. The zero-order valence-electron chi connectivity index (χ0n) is 31.1. The molecule has 54 heavy (non-hydrogen) atoms. The van der Waals surface area contributed by atoms with Crippen LogP contribution < -0.4 is 0 Å². The van der Waals surface area contributed by atoms with Gasteiger partial charge < -0.3 is 0 Å². The van der Waals surface area contributed by atoms with Gasteiger partial charge in [0.2, 0.25) is 0 Å². The smallest absolute Gasteiger partial charge is 0.160 e. The summed E-state index contributed by atoms with van der Waals surface area (Å²) < 4.78 is 0. The number of hydrogen-bond acceptors (Lipinski definition) is 2. The van der Waals surface area contributed by atoms with Crippen molar-refractivity contribution in [2.24, 2.45) is 0 Å². The van der Waals surface area contributed by atoms with Crippen LogP contribution in [0.5, 0.6) is 0 Å². The van der Waals surface area contributed by atoms with Gasteiger partial charge in [0.1, 0.15) is 0 Å². The van der Waals surface area contributed by atoms with Crippen LogP contribution in [0, 0.1) is 0 Å². The maximum Gasteiger partial charge on any atom is 0.160 e. The molecule has 0 N–H and O–H groups in total. The minimum absolute atomic E-state index is 0.0103. The fourth-order valence-corrected chi connectivity index (χ4v) is 8.87. The third-order valence-electron chi connectivity index (χ3n) is 11.9. The second kappa shape index (κ2) is 12.1. The number of fused-ring (bicyclic) bond motifs is 6. The van der Waals surface area contributed by atoms with E-state index in [-0.39, 0.29) is 10.8 Å². The van der Waals surface area contributed by atoms with Crippen molar-refractivity contribution in [3.63, 3.8) is 0 Å². The minimum Gasteiger partial charge on any atom is -0.228 e. The van der Waals surface area contributed by atoms with E-state index in [1.54, 1.807) is 0 Å². The average molecular weight is 693 g/mol. The van der Waals surface area contributed by atoms with E-state index >= 15 is 0 Å². The predicted octanol–water partition coefficient (Wildman–Crippen LogP) is 13.4. The summed E-state index contributed by atoms with van der Waals surface area (Å²) in [5.74, 6) is 0.726. The second-order valence-corrected chi connectivity index (χ2v) is 15.8. The van der Waals surface area contributed by atoms with Gasteiger partial charge in [-0.2, -0.15) is 0 Å². The minimum atomic E-state index is -0.0908. The Morgan fingerprint density at radius 1 is 0.296 bits per heavy atom. The van der Waals surface area contributed by atoms with Crippen LogP contribution in [-0.2, 0) is 10.8 Å². The van der Waals surface area contributed by atoms with Gasteiger partial charge in [0.15, 0.2) is 5.82 Å². The van der Waals surface area contributed by atoms with E-state index in [2.05, 4.69) is 161 Å². The summed E-state index contributed by atoms with van der Waals surface area (Å²) in [6.07, 6.45) is 0. The molecule has 1 heterocycles. The molecule has 258 valence electrons. The topological polar surface area (TPSA) is 25.8 Å². The van der Waals surface area contributed by atoms with Crippen LogP contribution in [0.1, 0.15) is 49.9 Å². The fraction of sp³-hybridized carbons (Fsp3) is 0.115. The summed E-state index contributed by atoms with van der Waals surface area (Å²) in [4.78, 5) is 9.96. The van der Waals surface area contributed by atoms with Crippen LogP contribution in [0.3, 0.4) is 0 Å².